The summed E-state index contributed by atoms with van der Waals surface area (Å²) in [6.07, 6.45) is 4.78. The van der Waals surface area contributed by atoms with E-state index < -0.39 is 29.6 Å². The van der Waals surface area contributed by atoms with Crippen molar-refractivity contribution < 1.29 is 23.8 Å². The third-order valence-corrected chi connectivity index (χ3v) is 11.5. The number of benzene rings is 1. The number of hydrogen-bond acceptors (Lipinski definition) is 10. The number of aromatic carboxylic acids is 1. The molecule has 1 saturated carbocycles. The Balaban J connectivity index is 1.18. The number of aromatic nitrogens is 4. The molecule has 0 atom stereocenters. The number of carboxylic acids is 1. The number of rotatable bonds is 8. The third kappa shape index (κ3) is 5.95. The molecular formula is C37H32ClF2N7O4S. The first kappa shape index (κ1) is 35.4. The van der Waals surface area contributed by atoms with Crippen molar-refractivity contribution in [3.05, 3.63) is 79.9 Å². The average molecular weight is 744 g/mol. The highest BCUT2D eigenvalue weighted by Gasteiger charge is 2.65. The molecule has 15 heteroatoms. The lowest BCUT2D eigenvalue weighted by Crippen LogP contribution is -2.56. The Morgan fingerprint density at radius 2 is 1.96 bits per heavy atom. The number of aryl methyl sites for hydroxylation is 1. The van der Waals surface area contributed by atoms with Crippen LogP contribution >= 0.6 is 22.9 Å². The van der Waals surface area contributed by atoms with Crippen LogP contribution in [0.25, 0.3) is 32.2 Å². The van der Waals surface area contributed by atoms with Crippen LogP contribution in [0.4, 0.5) is 14.6 Å². The molecule has 0 unspecified atom stereocenters. The van der Waals surface area contributed by atoms with Gasteiger partial charge in [0.05, 0.1) is 45.0 Å². The Morgan fingerprint density at radius 1 is 1.21 bits per heavy atom. The Hall–Kier alpha value is -4.99. The Bertz CT molecular complexity index is 2420. The first-order chi connectivity index (χ1) is 24.9. The van der Waals surface area contributed by atoms with Crippen LogP contribution in [0.15, 0.2) is 46.8 Å². The fraction of sp³-hybridized carbons (Fsp3) is 0.351. The number of nitriles is 1. The molecule has 1 saturated heterocycles. The maximum atomic E-state index is 14.6. The summed E-state index contributed by atoms with van der Waals surface area (Å²) in [5.41, 5.74) is 1.08. The van der Waals surface area contributed by atoms with E-state index in [1.807, 2.05) is 4.90 Å². The summed E-state index contributed by atoms with van der Waals surface area (Å²) in [6.45, 7) is 1.27. The number of fused-ring (bicyclic) bond motifs is 2. The molecule has 1 aliphatic heterocycles. The fourth-order valence-corrected chi connectivity index (χ4v) is 8.46. The van der Waals surface area contributed by atoms with Gasteiger partial charge in [0.2, 0.25) is 0 Å². The number of hydrogen-bond donors (Lipinski definition) is 2. The van der Waals surface area contributed by atoms with Gasteiger partial charge in [-0.05, 0) is 56.9 Å². The van der Waals surface area contributed by atoms with Crippen LogP contribution in [0.5, 0.6) is 0 Å². The number of carboxylic acid groups (broad SMARTS) is 1. The number of alkyl halides is 2. The highest BCUT2D eigenvalue weighted by Crippen LogP contribution is 2.53. The number of carbonyl (C=O) groups is 1. The van der Waals surface area contributed by atoms with Gasteiger partial charge in [-0.15, -0.1) is 11.3 Å². The lowest BCUT2D eigenvalue weighted by Gasteiger charge is -2.43. The van der Waals surface area contributed by atoms with Crippen LogP contribution in [0.1, 0.15) is 53.0 Å². The molecule has 1 aromatic carbocycles. The van der Waals surface area contributed by atoms with Crippen LogP contribution < -0.4 is 10.5 Å². The van der Waals surface area contributed by atoms with Crippen molar-refractivity contribution in [2.75, 3.05) is 31.6 Å². The van der Waals surface area contributed by atoms with E-state index in [-0.39, 0.29) is 34.6 Å². The molecule has 0 radical (unpaired) electrons. The van der Waals surface area contributed by atoms with Crippen molar-refractivity contribution in [1.29, 1.82) is 5.26 Å². The fourth-order valence-electron chi connectivity index (χ4n) is 7.26. The Kier molecular flexibility index (Phi) is 9.21. The summed E-state index contributed by atoms with van der Waals surface area (Å²) in [5.74, 6) is 2.66. The predicted octanol–water partition coefficient (Wildman–Crippen LogP) is 5.71. The zero-order valence-corrected chi connectivity index (χ0v) is 29.7. The van der Waals surface area contributed by atoms with Crippen LogP contribution in [0.3, 0.4) is 0 Å². The van der Waals surface area contributed by atoms with Crippen molar-refractivity contribution >= 4 is 55.8 Å². The molecule has 52 heavy (non-hydrogen) atoms. The first-order valence-electron chi connectivity index (χ1n) is 16.6. The topological polar surface area (TPSA) is 148 Å². The molecule has 266 valence electrons. The summed E-state index contributed by atoms with van der Waals surface area (Å²) in [7, 11) is 1.79. The summed E-state index contributed by atoms with van der Waals surface area (Å²) < 4.78 is 31.2. The van der Waals surface area contributed by atoms with E-state index >= 15 is 0 Å². The van der Waals surface area contributed by atoms with Crippen molar-refractivity contribution in [3.8, 4) is 29.0 Å². The minimum atomic E-state index is -3.17. The van der Waals surface area contributed by atoms with Gasteiger partial charge in [-0.3, -0.25) is 19.2 Å². The number of pyridine rings is 2. The lowest BCUT2D eigenvalue weighted by molar-refractivity contribution is -0.131. The number of likely N-dealkylation sites (tertiary alicyclic amines) is 1. The van der Waals surface area contributed by atoms with Crippen molar-refractivity contribution in [2.45, 2.75) is 56.7 Å². The second-order valence-electron chi connectivity index (χ2n) is 13.1. The SMILES string of the molecule is Cc1nc2cnc(N(C)C3CCN(C4(C(F)(F)CO)CC4)CC3)c(C#N)c2c(=O)n1CC#Cc1ccc(Cl)cc1-c1ccnc2c(C(=O)O)csc12. The highest BCUT2D eigenvalue weighted by atomic mass is 35.5. The van der Waals surface area contributed by atoms with Crippen LogP contribution in [0, 0.1) is 30.1 Å². The van der Waals surface area contributed by atoms with Crippen molar-refractivity contribution in [1.82, 2.24) is 24.4 Å². The quantitative estimate of drug-likeness (QED) is 0.189. The van der Waals surface area contributed by atoms with E-state index in [4.69, 9.17) is 11.6 Å². The molecular weight excluding hydrogens is 712 g/mol. The van der Waals surface area contributed by atoms with E-state index in [1.165, 1.54) is 22.1 Å². The van der Waals surface area contributed by atoms with Crippen LogP contribution in [-0.4, -0.2) is 84.8 Å². The summed E-state index contributed by atoms with van der Waals surface area (Å²) in [5, 5.41) is 31.4. The highest BCUT2D eigenvalue weighted by molar-refractivity contribution is 7.18. The van der Waals surface area contributed by atoms with E-state index in [9.17, 15) is 33.8 Å². The van der Waals surface area contributed by atoms with Gasteiger partial charge in [-0.2, -0.15) is 5.26 Å². The average Bonchev–Trinajstić information content (AvgIpc) is 3.85. The Labute approximate surface area is 305 Å². The third-order valence-electron chi connectivity index (χ3n) is 10.3. The zero-order valence-electron chi connectivity index (χ0n) is 28.2. The molecule has 0 amide bonds. The molecule has 0 spiro atoms. The molecule has 2 fully saturated rings. The summed E-state index contributed by atoms with van der Waals surface area (Å²) in [4.78, 5) is 42.8. The van der Waals surface area contributed by atoms with Gasteiger partial charge >= 0.3 is 5.97 Å². The zero-order chi connectivity index (χ0) is 36.9. The van der Waals surface area contributed by atoms with Gasteiger partial charge in [-0.25, -0.2) is 23.5 Å². The monoisotopic (exact) mass is 743 g/mol. The number of aliphatic hydroxyl groups is 1. The molecule has 11 nitrogen and oxygen atoms in total. The van der Waals surface area contributed by atoms with E-state index in [1.54, 1.807) is 54.7 Å². The van der Waals surface area contributed by atoms with E-state index in [2.05, 4.69) is 32.9 Å². The van der Waals surface area contributed by atoms with Gasteiger partial charge in [0.25, 0.3) is 11.5 Å². The number of nitrogens with zero attached hydrogens (tertiary/aromatic N) is 7. The van der Waals surface area contributed by atoms with Gasteiger partial charge in [-0.1, -0.05) is 23.4 Å². The number of aliphatic hydroxyl groups excluding tert-OH is 1. The molecule has 4 aromatic heterocycles. The molecule has 2 N–H and O–H groups in total. The second-order valence-corrected chi connectivity index (χ2v) is 14.4. The molecule has 7 rings (SSSR count). The summed E-state index contributed by atoms with van der Waals surface area (Å²) >= 11 is 7.65. The number of anilines is 1. The van der Waals surface area contributed by atoms with Crippen molar-refractivity contribution in [3.63, 3.8) is 0 Å². The van der Waals surface area contributed by atoms with Gasteiger partial charge < -0.3 is 15.1 Å². The minimum Gasteiger partial charge on any atom is -0.478 e. The normalized spacial score (nSPS) is 16.0. The number of halogens is 3. The first-order valence-corrected chi connectivity index (χ1v) is 17.8. The largest absolute Gasteiger partial charge is 0.478 e. The van der Waals surface area contributed by atoms with Gasteiger partial charge in [0.1, 0.15) is 29.9 Å². The smallest absolute Gasteiger partial charge is 0.338 e. The van der Waals surface area contributed by atoms with E-state index in [0.29, 0.717) is 76.8 Å². The second kappa shape index (κ2) is 13.5. The molecule has 0 bridgehead atoms. The van der Waals surface area contributed by atoms with Gasteiger partial charge in [0.15, 0.2) is 0 Å². The lowest BCUT2D eigenvalue weighted by atomic mass is 9.97. The van der Waals surface area contributed by atoms with Crippen molar-refractivity contribution in [2.24, 2.45) is 0 Å². The van der Waals surface area contributed by atoms with Crippen LogP contribution in [-0.2, 0) is 6.54 Å². The maximum Gasteiger partial charge on any atom is 0.338 e. The molecule has 1 aliphatic carbocycles. The van der Waals surface area contributed by atoms with Crippen LogP contribution in [0.2, 0.25) is 5.02 Å². The number of piperidine rings is 1. The molecule has 5 heterocycles. The number of thiophene rings is 1. The summed E-state index contributed by atoms with van der Waals surface area (Å²) in [6, 6.07) is 9.03. The van der Waals surface area contributed by atoms with Gasteiger partial charge in [0, 0.05) is 59.5 Å². The van der Waals surface area contributed by atoms with E-state index in [0.717, 1.165) is 5.56 Å². The predicted molar refractivity (Wildman–Crippen MR) is 194 cm³/mol. The Morgan fingerprint density at radius 3 is 2.63 bits per heavy atom. The molecule has 2 aliphatic rings. The standard InChI is InChI=1S/C37H32ClF2N7O4S/c1-21-44-29-18-43-33(45(2)24-8-14-46(15-9-24)36(10-11-36)37(39,40)20-48)27(17-41)30(29)34(49)47(21)13-3-4-22-5-6-23(38)16-26(22)25-7-12-42-31-28(35(50)51)19-52-32(25)31/h5-7,12,16,18-19,24,48H,8-11,13-15,20H2,1-2H3,(H,50,51). The maximum absolute atomic E-state index is 14.6. The molecule has 5 aromatic rings. The minimum absolute atomic E-state index is 0.0410.